The smallest absolute Gasteiger partial charge is 0.234 e. The average Bonchev–Trinajstić information content (AvgIpc) is 2.47. The minimum atomic E-state index is -0.100. The topological polar surface area (TPSA) is 64.3 Å². The maximum Gasteiger partial charge on any atom is 0.234 e. The number of carbonyl (C=O) groups excluding carboxylic acids is 1. The largest absolute Gasteiger partial charge is 0.497 e. The van der Waals surface area contributed by atoms with Gasteiger partial charge in [-0.3, -0.25) is 4.79 Å². The van der Waals surface area contributed by atoms with Crippen LogP contribution >= 0.6 is 27.7 Å². The molecule has 2 aromatic rings. The van der Waals surface area contributed by atoms with Crippen molar-refractivity contribution in [2.75, 3.05) is 23.9 Å². The number of anilines is 2. The number of benzene rings is 2. The van der Waals surface area contributed by atoms with Crippen LogP contribution < -0.4 is 15.8 Å². The van der Waals surface area contributed by atoms with Gasteiger partial charge in [0, 0.05) is 15.4 Å². The Balaban J connectivity index is 1.93. The molecule has 6 heteroatoms. The maximum atomic E-state index is 11.9. The molecule has 0 aromatic heterocycles. The first-order chi connectivity index (χ1) is 10.1. The fourth-order valence-electron chi connectivity index (χ4n) is 1.67. The van der Waals surface area contributed by atoms with Crippen LogP contribution in [0.3, 0.4) is 0 Å². The van der Waals surface area contributed by atoms with Gasteiger partial charge in [0.05, 0.1) is 24.2 Å². The lowest BCUT2D eigenvalue weighted by Gasteiger charge is -2.09. The van der Waals surface area contributed by atoms with Crippen molar-refractivity contribution in [1.82, 2.24) is 0 Å². The molecule has 0 aliphatic heterocycles. The third kappa shape index (κ3) is 4.68. The fraction of sp³-hybridized carbons (Fsp3) is 0.133. The molecular formula is C15H15BrN2O2S. The first kappa shape index (κ1) is 15.7. The van der Waals surface area contributed by atoms with Crippen LogP contribution in [0.15, 0.2) is 51.8 Å². The van der Waals surface area contributed by atoms with Crippen molar-refractivity contribution in [1.29, 1.82) is 0 Å². The third-order valence-corrected chi connectivity index (χ3v) is 4.19. The standard InChI is InChI=1S/C15H15BrN2O2S/c1-20-11-5-6-14(13(17)8-11)18-15(19)9-21-12-4-2-3-10(16)7-12/h2-8H,9,17H2,1H3,(H,18,19). The van der Waals surface area contributed by atoms with E-state index in [1.165, 1.54) is 11.8 Å². The average molecular weight is 367 g/mol. The Morgan fingerprint density at radius 3 is 2.81 bits per heavy atom. The molecule has 21 heavy (non-hydrogen) atoms. The highest BCUT2D eigenvalue weighted by Gasteiger charge is 2.07. The zero-order valence-electron chi connectivity index (χ0n) is 11.4. The summed E-state index contributed by atoms with van der Waals surface area (Å²) in [5.74, 6) is 0.882. The van der Waals surface area contributed by atoms with Crippen molar-refractivity contribution < 1.29 is 9.53 Å². The molecule has 0 saturated heterocycles. The number of hydrogen-bond donors (Lipinski definition) is 2. The molecule has 0 atom stereocenters. The van der Waals surface area contributed by atoms with E-state index in [2.05, 4.69) is 21.2 Å². The Bertz CT molecular complexity index is 649. The Labute approximate surface area is 136 Å². The molecule has 3 N–H and O–H groups in total. The second kappa shape index (κ2) is 7.38. The zero-order chi connectivity index (χ0) is 15.2. The van der Waals surface area contributed by atoms with E-state index in [-0.39, 0.29) is 5.91 Å². The van der Waals surface area contributed by atoms with Gasteiger partial charge in [0.15, 0.2) is 0 Å². The molecule has 4 nitrogen and oxygen atoms in total. The Hall–Kier alpha value is -1.66. The summed E-state index contributed by atoms with van der Waals surface area (Å²) in [5.41, 5.74) is 6.94. The molecule has 0 fully saturated rings. The van der Waals surface area contributed by atoms with Crippen LogP contribution in [0.4, 0.5) is 11.4 Å². The Morgan fingerprint density at radius 2 is 2.14 bits per heavy atom. The summed E-state index contributed by atoms with van der Waals surface area (Å²) >= 11 is 4.87. The Morgan fingerprint density at radius 1 is 1.33 bits per heavy atom. The van der Waals surface area contributed by atoms with Crippen LogP contribution in [0.2, 0.25) is 0 Å². The number of ether oxygens (including phenoxy) is 1. The molecule has 0 bridgehead atoms. The fourth-order valence-corrected chi connectivity index (χ4v) is 2.98. The van der Waals surface area contributed by atoms with Gasteiger partial charge in [0.25, 0.3) is 0 Å². The molecule has 0 heterocycles. The molecule has 0 radical (unpaired) electrons. The molecule has 0 spiro atoms. The molecule has 110 valence electrons. The highest BCUT2D eigenvalue weighted by Crippen LogP contribution is 2.25. The number of nitrogens with two attached hydrogens (primary N) is 1. The van der Waals surface area contributed by atoms with E-state index in [1.807, 2.05) is 24.3 Å². The zero-order valence-corrected chi connectivity index (χ0v) is 13.8. The molecule has 2 rings (SSSR count). The monoisotopic (exact) mass is 366 g/mol. The van der Waals surface area contributed by atoms with Crippen LogP contribution in [0, 0.1) is 0 Å². The molecule has 0 aliphatic carbocycles. The maximum absolute atomic E-state index is 11.9. The van der Waals surface area contributed by atoms with E-state index < -0.39 is 0 Å². The Kier molecular flexibility index (Phi) is 5.52. The van der Waals surface area contributed by atoms with Gasteiger partial charge in [0.2, 0.25) is 5.91 Å². The van der Waals surface area contributed by atoms with Crippen LogP contribution in [0.5, 0.6) is 5.75 Å². The van der Waals surface area contributed by atoms with Crippen LogP contribution in [0.1, 0.15) is 0 Å². The second-order valence-corrected chi connectivity index (χ2v) is 6.21. The van der Waals surface area contributed by atoms with E-state index >= 15 is 0 Å². The highest BCUT2D eigenvalue weighted by atomic mass is 79.9. The van der Waals surface area contributed by atoms with E-state index in [0.29, 0.717) is 22.9 Å². The van der Waals surface area contributed by atoms with Gasteiger partial charge in [-0.25, -0.2) is 0 Å². The molecule has 0 aliphatic rings. The lowest BCUT2D eigenvalue weighted by molar-refractivity contribution is -0.113. The van der Waals surface area contributed by atoms with Crippen molar-refractivity contribution in [3.63, 3.8) is 0 Å². The van der Waals surface area contributed by atoms with E-state index in [0.717, 1.165) is 9.37 Å². The lowest BCUT2D eigenvalue weighted by atomic mass is 10.2. The molecule has 2 aromatic carbocycles. The number of nitrogens with one attached hydrogen (secondary N) is 1. The first-order valence-electron chi connectivity index (χ1n) is 6.20. The van der Waals surface area contributed by atoms with E-state index in [1.54, 1.807) is 25.3 Å². The quantitative estimate of drug-likeness (QED) is 0.624. The SMILES string of the molecule is COc1ccc(NC(=O)CSc2cccc(Br)c2)c(N)c1. The van der Waals surface area contributed by atoms with Gasteiger partial charge >= 0.3 is 0 Å². The number of hydrogen-bond acceptors (Lipinski definition) is 4. The van der Waals surface area contributed by atoms with Crippen molar-refractivity contribution in [2.45, 2.75) is 4.90 Å². The number of amides is 1. The van der Waals surface area contributed by atoms with Gasteiger partial charge in [-0.2, -0.15) is 0 Å². The van der Waals surface area contributed by atoms with Crippen molar-refractivity contribution >= 4 is 45.0 Å². The summed E-state index contributed by atoms with van der Waals surface area (Å²) in [7, 11) is 1.57. The highest BCUT2D eigenvalue weighted by molar-refractivity contribution is 9.10. The second-order valence-electron chi connectivity index (χ2n) is 4.25. The molecule has 1 amide bonds. The third-order valence-electron chi connectivity index (χ3n) is 2.70. The molecular weight excluding hydrogens is 352 g/mol. The van der Waals surface area contributed by atoms with Gasteiger partial charge < -0.3 is 15.8 Å². The van der Waals surface area contributed by atoms with Crippen LogP contribution in [0.25, 0.3) is 0 Å². The summed E-state index contributed by atoms with van der Waals surface area (Å²) in [4.78, 5) is 13.0. The number of methoxy groups -OCH3 is 1. The van der Waals surface area contributed by atoms with Gasteiger partial charge in [-0.15, -0.1) is 11.8 Å². The summed E-state index contributed by atoms with van der Waals surface area (Å²) in [5, 5.41) is 2.79. The minimum absolute atomic E-state index is 0.100. The predicted molar refractivity (Wildman–Crippen MR) is 90.9 cm³/mol. The van der Waals surface area contributed by atoms with Crippen molar-refractivity contribution in [2.24, 2.45) is 0 Å². The number of thioether (sulfide) groups is 1. The van der Waals surface area contributed by atoms with Gasteiger partial charge in [-0.1, -0.05) is 22.0 Å². The number of rotatable bonds is 5. The summed E-state index contributed by atoms with van der Waals surface area (Å²) in [6, 6.07) is 13.0. The summed E-state index contributed by atoms with van der Waals surface area (Å²) in [6.45, 7) is 0. The van der Waals surface area contributed by atoms with Gasteiger partial charge in [0.1, 0.15) is 5.75 Å². The van der Waals surface area contributed by atoms with Crippen molar-refractivity contribution in [3.8, 4) is 5.75 Å². The minimum Gasteiger partial charge on any atom is -0.497 e. The van der Waals surface area contributed by atoms with Gasteiger partial charge in [-0.05, 0) is 30.3 Å². The van der Waals surface area contributed by atoms with Crippen LogP contribution in [-0.2, 0) is 4.79 Å². The summed E-state index contributed by atoms with van der Waals surface area (Å²) < 4.78 is 6.06. The summed E-state index contributed by atoms with van der Waals surface area (Å²) in [6.07, 6.45) is 0. The number of halogens is 1. The van der Waals surface area contributed by atoms with E-state index in [9.17, 15) is 4.79 Å². The first-order valence-corrected chi connectivity index (χ1v) is 7.98. The van der Waals surface area contributed by atoms with E-state index in [4.69, 9.17) is 10.5 Å². The molecule has 0 saturated carbocycles. The van der Waals surface area contributed by atoms with Crippen molar-refractivity contribution in [3.05, 3.63) is 46.9 Å². The van der Waals surface area contributed by atoms with Crippen LogP contribution in [-0.4, -0.2) is 18.8 Å². The lowest BCUT2D eigenvalue weighted by Crippen LogP contribution is -2.15. The number of carbonyl (C=O) groups is 1. The predicted octanol–water partition coefficient (Wildman–Crippen LogP) is 3.77. The number of nitrogen functional groups attached to an aromatic ring is 1. The normalized spacial score (nSPS) is 10.2. The molecule has 0 unspecified atom stereocenters.